The van der Waals surface area contributed by atoms with Crippen LogP contribution >= 0.6 is 0 Å². The highest BCUT2D eigenvalue weighted by Crippen LogP contribution is 2.42. The number of halogens is 6. The Morgan fingerprint density at radius 2 is 1.82 bits per heavy atom. The van der Waals surface area contributed by atoms with E-state index in [2.05, 4.69) is 24.4 Å². The molecule has 0 unspecified atom stereocenters. The van der Waals surface area contributed by atoms with E-state index in [1.807, 2.05) is 0 Å². The molecule has 1 aromatic carbocycles. The Morgan fingerprint density at radius 3 is 2.41 bits per heavy atom. The third kappa shape index (κ3) is 7.52. The molecule has 1 aromatic rings. The van der Waals surface area contributed by atoms with Crippen LogP contribution in [0.3, 0.4) is 0 Å². The number of carbonyl (C=O) groups is 2. The average Bonchev–Trinajstić information content (AvgIpc) is 2.73. The summed E-state index contributed by atoms with van der Waals surface area (Å²) in [7, 11) is 0. The van der Waals surface area contributed by atoms with Gasteiger partial charge in [0.05, 0.1) is 5.57 Å². The van der Waals surface area contributed by atoms with Crippen molar-refractivity contribution in [2.75, 3.05) is 13.4 Å². The molecule has 0 saturated heterocycles. The Hall–Kier alpha value is -3.52. The largest absolute Gasteiger partial charge is 0.573 e. The van der Waals surface area contributed by atoms with E-state index in [9.17, 15) is 40.8 Å². The molecule has 34 heavy (non-hydrogen) atoms. The molecule has 15 heteroatoms. The number of hydrogen-bond acceptors (Lipinski definition) is 9. The maximum Gasteiger partial charge on any atom is 0.573 e. The second kappa shape index (κ2) is 11.1. The van der Waals surface area contributed by atoms with Gasteiger partial charge in [-0.2, -0.15) is 13.2 Å². The van der Waals surface area contributed by atoms with Crippen LogP contribution in [0.5, 0.6) is 11.5 Å². The van der Waals surface area contributed by atoms with Crippen molar-refractivity contribution in [2.45, 2.75) is 44.8 Å². The molecule has 1 aliphatic rings. The molecule has 0 aromatic heterocycles. The van der Waals surface area contributed by atoms with Crippen molar-refractivity contribution in [1.82, 2.24) is 0 Å². The van der Waals surface area contributed by atoms with Gasteiger partial charge in [0.2, 0.25) is 12.9 Å². The van der Waals surface area contributed by atoms with Gasteiger partial charge < -0.3 is 23.8 Å². The standard InChI is InChI=1S/C19H17F6NO8/c1-2-10-6-12(34-19(23,24)25)7-11-8-13(16(18(20,21)22)33-15(10)11)17(28)31-9-30-14(27)4-3-5-32-26-29/h6-8,16H,2-5,9H2,1H3/t16-/m0/s1. The summed E-state index contributed by atoms with van der Waals surface area (Å²) in [6, 6.07) is 1.64. The Bertz CT molecular complexity index is 944. The molecule has 2 rings (SSSR count). The number of ether oxygens (including phenoxy) is 4. The van der Waals surface area contributed by atoms with Gasteiger partial charge in [-0.15, -0.1) is 18.1 Å². The second-order valence-electron chi connectivity index (χ2n) is 6.62. The predicted octanol–water partition coefficient (Wildman–Crippen LogP) is 4.38. The summed E-state index contributed by atoms with van der Waals surface area (Å²) in [5.74, 6) is -3.57. The number of hydrogen-bond donors (Lipinski definition) is 0. The van der Waals surface area contributed by atoms with Crippen LogP contribution in [0.4, 0.5) is 26.3 Å². The first kappa shape index (κ1) is 26.7. The smallest absolute Gasteiger partial charge is 0.475 e. The summed E-state index contributed by atoms with van der Waals surface area (Å²) in [6.07, 6.45) is -12.5. The van der Waals surface area contributed by atoms with E-state index in [0.717, 1.165) is 12.1 Å². The van der Waals surface area contributed by atoms with E-state index in [1.54, 1.807) is 0 Å². The van der Waals surface area contributed by atoms with Gasteiger partial charge in [0.1, 0.15) is 18.1 Å². The molecule has 0 bridgehead atoms. The number of rotatable bonds is 10. The van der Waals surface area contributed by atoms with Crippen molar-refractivity contribution in [2.24, 2.45) is 5.34 Å². The minimum Gasteiger partial charge on any atom is -0.475 e. The van der Waals surface area contributed by atoms with Gasteiger partial charge in [-0.1, -0.05) is 6.92 Å². The molecule has 1 atom stereocenters. The molecular weight excluding hydrogens is 484 g/mol. The van der Waals surface area contributed by atoms with Crippen molar-refractivity contribution < 1.29 is 59.7 Å². The molecule has 0 saturated carbocycles. The SMILES string of the molecule is CCc1cc(OC(F)(F)F)cc2c1O[C@H](C(F)(F)F)C(C(=O)OCOC(=O)CCCON=O)=C2. The van der Waals surface area contributed by atoms with Crippen LogP contribution in [0.25, 0.3) is 6.08 Å². The van der Waals surface area contributed by atoms with E-state index in [1.165, 1.54) is 6.92 Å². The van der Waals surface area contributed by atoms with Gasteiger partial charge in [0.25, 0.3) is 0 Å². The van der Waals surface area contributed by atoms with Crippen LogP contribution in [0.1, 0.15) is 30.9 Å². The average molecular weight is 501 g/mol. The Balaban J connectivity index is 2.22. The molecule has 0 N–H and O–H groups in total. The number of aryl methyl sites for hydroxylation is 1. The highest BCUT2D eigenvalue weighted by molar-refractivity contribution is 5.96. The minimum atomic E-state index is -5.09. The van der Waals surface area contributed by atoms with Crippen LogP contribution in [-0.4, -0.2) is 44.0 Å². The second-order valence-corrected chi connectivity index (χ2v) is 6.62. The molecule has 0 amide bonds. The van der Waals surface area contributed by atoms with Crippen LogP contribution in [0.15, 0.2) is 23.0 Å². The van der Waals surface area contributed by atoms with Crippen molar-refractivity contribution in [3.63, 3.8) is 0 Å². The summed E-state index contributed by atoms with van der Waals surface area (Å²) >= 11 is 0. The first-order chi connectivity index (χ1) is 15.9. The monoisotopic (exact) mass is 501 g/mol. The zero-order valence-corrected chi connectivity index (χ0v) is 17.3. The van der Waals surface area contributed by atoms with Crippen LogP contribution in [-0.2, 0) is 30.3 Å². The van der Waals surface area contributed by atoms with E-state index in [0.29, 0.717) is 6.08 Å². The maximum absolute atomic E-state index is 13.6. The van der Waals surface area contributed by atoms with Crippen molar-refractivity contribution in [1.29, 1.82) is 0 Å². The molecule has 188 valence electrons. The number of fused-ring (bicyclic) bond motifs is 1. The third-order valence-electron chi connectivity index (χ3n) is 4.22. The quantitative estimate of drug-likeness (QED) is 0.116. The summed E-state index contributed by atoms with van der Waals surface area (Å²) in [6.45, 7) is 0.244. The molecule has 0 spiro atoms. The van der Waals surface area contributed by atoms with Crippen molar-refractivity contribution in [3.05, 3.63) is 33.7 Å². The lowest BCUT2D eigenvalue weighted by atomic mass is 9.97. The predicted molar refractivity (Wildman–Crippen MR) is 99.0 cm³/mol. The molecule has 1 aliphatic heterocycles. The van der Waals surface area contributed by atoms with E-state index in [4.69, 9.17) is 4.74 Å². The molecule has 9 nitrogen and oxygen atoms in total. The lowest BCUT2D eigenvalue weighted by Crippen LogP contribution is -2.41. The van der Waals surface area contributed by atoms with Crippen LogP contribution < -0.4 is 9.47 Å². The lowest BCUT2D eigenvalue weighted by Gasteiger charge is -2.29. The summed E-state index contributed by atoms with van der Waals surface area (Å²) < 4.78 is 96.3. The summed E-state index contributed by atoms with van der Waals surface area (Å²) in [4.78, 5) is 37.6. The topological polar surface area (TPSA) is 110 Å². The Labute approximate surface area is 187 Å². The maximum atomic E-state index is 13.6. The first-order valence-corrected chi connectivity index (χ1v) is 9.50. The van der Waals surface area contributed by atoms with Gasteiger partial charge in [0, 0.05) is 12.0 Å². The van der Waals surface area contributed by atoms with Gasteiger partial charge in [-0.25, -0.2) is 4.79 Å². The summed E-state index contributed by atoms with van der Waals surface area (Å²) in [5.41, 5.74) is -1.36. The van der Waals surface area contributed by atoms with Crippen LogP contribution in [0, 0.1) is 4.91 Å². The highest BCUT2D eigenvalue weighted by atomic mass is 19.4. The molecule has 0 aliphatic carbocycles. The zero-order valence-electron chi connectivity index (χ0n) is 17.3. The van der Waals surface area contributed by atoms with Gasteiger partial charge in [0.15, 0.2) is 5.34 Å². The molecular formula is C19H17F6NO8. The van der Waals surface area contributed by atoms with Crippen molar-refractivity contribution in [3.8, 4) is 11.5 Å². The van der Waals surface area contributed by atoms with E-state index in [-0.39, 0.29) is 42.7 Å². The number of alkyl halides is 6. The Morgan fingerprint density at radius 1 is 1.12 bits per heavy atom. The normalized spacial score (nSPS) is 15.4. The lowest BCUT2D eigenvalue weighted by molar-refractivity contribution is -0.274. The molecule has 0 fully saturated rings. The van der Waals surface area contributed by atoms with Gasteiger partial charge in [-0.3, -0.25) is 4.79 Å². The van der Waals surface area contributed by atoms with E-state index < -0.39 is 48.7 Å². The number of esters is 2. The first-order valence-electron chi connectivity index (χ1n) is 9.50. The molecule has 1 heterocycles. The summed E-state index contributed by atoms with van der Waals surface area (Å²) in [5, 5.41) is 2.10. The fourth-order valence-electron chi connectivity index (χ4n) is 2.85. The van der Waals surface area contributed by atoms with E-state index >= 15 is 0 Å². The van der Waals surface area contributed by atoms with Crippen LogP contribution in [0.2, 0.25) is 0 Å². The van der Waals surface area contributed by atoms with Gasteiger partial charge >= 0.3 is 24.5 Å². The minimum absolute atomic E-state index is 0.000507. The Kier molecular flexibility index (Phi) is 8.70. The number of benzene rings is 1. The fraction of sp³-hybridized carbons (Fsp3) is 0.474. The fourth-order valence-corrected chi connectivity index (χ4v) is 2.85. The number of carbonyl (C=O) groups excluding carboxylic acids is 2. The molecule has 0 radical (unpaired) electrons. The van der Waals surface area contributed by atoms with Gasteiger partial charge in [-0.05, 0) is 36.6 Å². The highest BCUT2D eigenvalue weighted by Gasteiger charge is 2.49. The third-order valence-corrected chi connectivity index (χ3v) is 4.22. The number of nitrogens with zero attached hydrogens (tertiary/aromatic N) is 1. The zero-order chi connectivity index (χ0) is 25.5. The van der Waals surface area contributed by atoms with Crippen molar-refractivity contribution >= 4 is 18.0 Å².